The molecule has 0 aliphatic heterocycles. The van der Waals surface area contributed by atoms with Crippen LogP contribution in [0.25, 0.3) is 11.2 Å². The molecule has 6 nitrogen and oxygen atoms in total. The summed E-state index contributed by atoms with van der Waals surface area (Å²) in [5.41, 5.74) is 6.80. The van der Waals surface area contributed by atoms with Crippen molar-refractivity contribution in [2.24, 2.45) is 0 Å². The Labute approximate surface area is 81.7 Å². The van der Waals surface area contributed by atoms with Gasteiger partial charge in [-0.2, -0.15) is 2.90 Å². The van der Waals surface area contributed by atoms with Crippen LogP contribution in [0, 0.1) is 6.92 Å². The third kappa shape index (κ3) is 1.00. The van der Waals surface area contributed by atoms with Crippen LogP contribution in [0.4, 0.5) is 5.82 Å². The fourth-order valence-corrected chi connectivity index (χ4v) is 1.36. The summed E-state index contributed by atoms with van der Waals surface area (Å²) in [6.45, 7) is 1.78. The monoisotopic (exact) mass is 276 g/mol. The molecule has 0 bridgehead atoms. The van der Waals surface area contributed by atoms with E-state index in [1.165, 1.54) is 2.90 Å². The molecule has 2 aromatic heterocycles. The van der Waals surface area contributed by atoms with E-state index < -0.39 is 0 Å². The van der Waals surface area contributed by atoms with Gasteiger partial charge in [-0.15, -0.1) is 5.10 Å². The normalized spacial score (nSPS) is 10.8. The number of fused-ring (bicyclic) bond motifs is 1. The van der Waals surface area contributed by atoms with Gasteiger partial charge in [0.2, 0.25) is 0 Å². The molecule has 12 heavy (non-hydrogen) atoms. The molecule has 0 unspecified atom stereocenters. The minimum Gasteiger partial charge on any atom is -0.382 e. The second kappa shape index (κ2) is 2.51. The van der Waals surface area contributed by atoms with Crippen molar-refractivity contribution in [2.75, 3.05) is 5.73 Å². The highest BCUT2D eigenvalue weighted by molar-refractivity contribution is 14.1. The first-order valence-corrected chi connectivity index (χ1v) is 4.16. The molecular formula is C5H5IN6. The summed E-state index contributed by atoms with van der Waals surface area (Å²) >= 11 is 1.98. The molecule has 7 heteroatoms. The van der Waals surface area contributed by atoms with E-state index in [0.29, 0.717) is 22.8 Å². The van der Waals surface area contributed by atoms with Gasteiger partial charge in [0, 0.05) is 0 Å². The largest absolute Gasteiger partial charge is 0.382 e. The first-order chi connectivity index (χ1) is 5.68. The number of halogens is 1. The number of nitrogen functional groups attached to an aromatic ring is 1. The molecule has 0 radical (unpaired) electrons. The van der Waals surface area contributed by atoms with Crippen molar-refractivity contribution in [1.82, 2.24) is 23.2 Å². The maximum absolute atomic E-state index is 5.60. The Balaban J connectivity index is 2.92. The lowest BCUT2D eigenvalue weighted by molar-refractivity contribution is 0.931. The van der Waals surface area contributed by atoms with Crippen LogP contribution in [0.1, 0.15) is 5.82 Å². The standard InChI is InChI=1S/C5H5IN6/c1-2-8-4(7)3-5(9-2)12(6)11-10-3/h1H3,(H2,7,8,9). The van der Waals surface area contributed by atoms with Crippen molar-refractivity contribution >= 4 is 39.8 Å². The highest BCUT2D eigenvalue weighted by Crippen LogP contribution is 2.15. The van der Waals surface area contributed by atoms with Crippen molar-refractivity contribution < 1.29 is 0 Å². The second-order valence-corrected chi connectivity index (χ2v) is 3.19. The molecule has 0 saturated carbocycles. The summed E-state index contributed by atoms with van der Waals surface area (Å²) < 4.78 is 1.54. The summed E-state index contributed by atoms with van der Waals surface area (Å²) in [7, 11) is 0. The molecule has 0 saturated heterocycles. The summed E-state index contributed by atoms with van der Waals surface area (Å²) in [6, 6.07) is 0. The van der Waals surface area contributed by atoms with Crippen LogP contribution in [0.2, 0.25) is 0 Å². The van der Waals surface area contributed by atoms with Crippen molar-refractivity contribution in [1.29, 1.82) is 0 Å². The van der Waals surface area contributed by atoms with E-state index in [2.05, 4.69) is 20.3 Å². The molecule has 0 atom stereocenters. The number of hydrogen-bond donors (Lipinski definition) is 1. The summed E-state index contributed by atoms with van der Waals surface area (Å²) in [4.78, 5) is 8.10. The van der Waals surface area contributed by atoms with Gasteiger partial charge in [0.15, 0.2) is 17.0 Å². The van der Waals surface area contributed by atoms with Crippen LogP contribution in [0.5, 0.6) is 0 Å². The SMILES string of the molecule is Cc1nc(N)c2nnn(I)c2n1. The molecule has 62 valence electrons. The molecular weight excluding hydrogens is 271 g/mol. The molecule has 2 aromatic rings. The lowest BCUT2D eigenvalue weighted by atomic mass is 10.5. The Hall–Kier alpha value is -0.990. The van der Waals surface area contributed by atoms with Crippen molar-refractivity contribution in [3.05, 3.63) is 5.82 Å². The average Bonchev–Trinajstić information content (AvgIpc) is 2.33. The van der Waals surface area contributed by atoms with Gasteiger partial charge in [-0.3, -0.25) is 0 Å². The fraction of sp³-hybridized carbons (Fsp3) is 0.200. The maximum atomic E-state index is 5.60. The highest BCUT2D eigenvalue weighted by Gasteiger charge is 2.08. The lowest BCUT2D eigenvalue weighted by Crippen LogP contribution is -1.97. The Bertz CT molecular complexity index is 435. The molecule has 0 fully saturated rings. The molecule has 2 heterocycles. The van der Waals surface area contributed by atoms with Crippen LogP contribution < -0.4 is 5.73 Å². The van der Waals surface area contributed by atoms with Crippen LogP contribution in [-0.4, -0.2) is 23.2 Å². The van der Waals surface area contributed by atoms with Gasteiger partial charge in [-0.25, -0.2) is 9.97 Å². The smallest absolute Gasteiger partial charge is 0.194 e. The first kappa shape index (κ1) is 7.65. The third-order valence-electron chi connectivity index (χ3n) is 1.40. The second-order valence-electron chi connectivity index (χ2n) is 2.28. The number of hydrogen-bond acceptors (Lipinski definition) is 5. The summed E-state index contributed by atoms with van der Waals surface area (Å²) in [5, 5.41) is 7.58. The van der Waals surface area contributed by atoms with E-state index in [0.717, 1.165) is 0 Å². The number of anilines is 1. The molecule has 0 aliphatic carbocycles. The molecule has 0 amide bonds. The van der Waals surface area contributed by atoms with Gasteiger partial charge >= 0.3 is 0 Å². The minimum atomic E-state index is 0.375. The van der Waals surface area contributed by atoms with Crippen LogP contribution in [0.3, 0.4) is 0 Å². The predicted octanol–water partition coefficient (Wildman–Crippen LogP) is 0.310. The van der Waals surface area contributed by atoms with Crippen LogP contribution in [-0.2, 0) is 0 Å². The molecule has 0 aliphatic rings. The molecule has 2 N–H and O–H groups in total. The van der Waals surface area contributed by atoms with E-state index >= 15 is 0 Å². The quantitative estimate of drug-likeness (QED) is 0.700. The zero-order valence-corrected chi connectivity index (χ0v) is 8.35. The van der Waals surface area contributed by atoms with E-state index in [1.807, 2.05) is 22.9 Å². The van der Waals surface area contributed by atoms with E-state index in [1.54, 1.807) is 6.92 Å². The molecule has 0 aromatic carbocycles. The predicted molar refractivity (Wildman–Crippen MR) is 51.7 cm³/mol. The lowest BCUT2D eigenvalue weighted by Gasteiger charge is -1.94. The zero-order valence-electron chi connectivity index (χ0n) is 6.19. The van der Waals surface area contributed by atoms with Gasteiger partial charge in [0.05, 0.1) is 22.9 Å². The topological polar surface area (TPSA) is 82.5 Å². The number of aromatic nitrogens is 5. The van der Waals surface area contributed by atoms with E-state index in [9.17, 15) is 0 Å². The Morgan fingerprint density at radius 2 is 2.17 bits per heavy atom. The van der Waals surface area contributed by atoms with Gasteiger partial charge in [0.25, 0.3) is 0 Å². The van der Waals surface area contributed by atoms with Gasteiger partial charge in [-0.1, -0.05) is 5.21 Å². The molecule has 2 rings (SSSR count). The Kier molecular flexibility index (Phi) is 1.60. The Morgan fingerprint density at radius 1 is 1.42 bits per heavy atom. The van der Waals surface area contributed by atoms with Crippen molar-refractivity contribution in [2.45, 2.75) is 6.92 Å². The summed E-state index contributed by atoms with van der Waals surface area (Å²) in [6.07, 6.45) is 0. The van der Waals surface area contributed by atoms with Crippen molar-refractivity contribution in [3.8, 4) is 0 Å². The van der Waals surface area contributed by atoms with Gasteiger partial charge in [0.1, 0.15) is 5.82 Å². The number of aryl methyl sites for hydroxylation is 1. The van der Waals surface area contributed by atoms with Crippen molar-refractivity contribution in [3.63, 3.8) is 0 Å². The molecule has 0 spiro atoms. The Morgan fingerprint density at radius 3 is 2.92 bits per heavy atom. The number of nitrogens with two attached hydrogens (primary N) is 1. The summed E-state index contributed by atoms with van der Waals surface area (Å²) in [5.74, 6) is 1.00. The number of rotatable bonds is 0. The fourth-order valence-electron chi connectivity index (χ4n) is 0.924. The average molecular weight is 276 g/mol. The number of nitrogens with zero attached hydrogens (tertiary/aromatic N) is 5. The maximum Gasteiger partial charge on any atom is 0.194 e. The van der Waals surface area contributed by atoms with Gasteiger partial charge < -0.3 is 5.73 Å². The minimum absolute atomic E-state index is 0.375. The van der Waals surface area contributed by atoms with Crippen LogP contribution in [0.15, 0.2) is 0 Å². The highest BCUT2D eigenvalue weighted by atomic mass is 127. The zero-order chi connectivity index (χ0) is 8.72. The van der Waals surface area contributed by atoms with E-state index in [4.69, 9.17) is 5.73 Å². The van der Waals surface area contributed by atoms with Crippen LogP contribution >= 0.6 is 22.9 Å². The van der Waals surface area contributed by atoms with Gasteiger partial charge in [-0.05, 0) is 6.92 Å². The van der Waals surface area contributed by atoms with E-state index in [-0.39, 0.29) is 0 Å². The first-order valence-electron chi connectivity index (χ1n) is 3.20. The third-order valence-corrected chi connectivity index (χ3v) is 2.05.